The Bertz CT molecular complexity index is 1380. The van der Waals surface area contributed by atoms with Crippen LogP contribution >= 0.6 is 0 Å². The second-order valence-electron chi connectivity index (χ2n) is 9.66. The summed E-state index contributed by atoms with van der Waals surface area (Å²) in [6.07, 6.45) is 4.30. The summed E-state index contributed by atoms with van der Waals surface area (Å²) in [6, 6.07) is 38.3. The lowest BCUT2D eigenvalue weighted by atomic mass is 9.69. The zero-order valence-electron chi connectivity index (χ0n) is 21.4. The molecule has 0 aromatic heterocycles. The van der Waals surface area contributed by atoms with Gasteiger partial charge in [-0.25, -0.2) is 0 Å². The molecule has 0 bridgehead atoms. The number of rotatable bonds is 6. The van der Waals surface area contributed by atoms with Gasteiger partial charge in [-0.2, -0.15) is 0 Å². The van der Waals surface area contributed by atoms with Crippen molar-refractivity contribution in [1.82, 2.24) is 5.32 Å². The maximum atomic E-state index is 13.7. The Balaban J connectivity index is 1.75. The fourth-order valence-electron chi connectivity index (χ4n) is 5.12. The van der Waals surface area contributed by atoms with E-state index in [1.165, 1.54) is 0 Å². The second kappa shape index (κ2) is 10.0. The van der Waals surface area contributed by atoms with E-state index in [1.807, 2.05) is 85.8 Å². The Hall–Kier alpha value is -4.21. The van der Waals surface area contributed by atoms with Crippen molar-refractivity contribution in [1.29, 1.82) is 0 Å². The molecule has 0 radical (unpaired) electrons. The Labute approximate surface area is 219 Å². The molecule has 184 valence electrons. The third-order valence-corrected chi connectivity index (χ3v) is 7.20. The van der Waals surface area contributed by atoms with Crippen LogP contribution in [0, 0.1) is 6.92 Å². The van der Waals surface area contributed by atoms with Crippen molar-refractivity contribution >= 4 is 17.1 Å². The molecule has 0 saturated heterocycles. The molecule has 3 nitrogen and oxygen atoms in total. The van der Waals surface area contributed by atoms with Gasteiger partial charge in [0, 0.05) is 12.7 Å². The SMILES string of the molecule is COC1(c2ccccc2)C=C(c2ccccc2)C(C)(NC(=O)c2ccc(C)cc2)C(c2ccccc2)=C1. The fourth-order valence-corrected chi connectivity index (χ4v) is 5.12. The molecule has 3 heteroatoms. The van der Waals surface area contributed by atoms with Crippen LogP contribution in [0.2, 0.25) is 0 Å². The summed E-state index contributed by atoms with van der Waals surface area (Å²) in [5.41, 5.74) is 5.10. The van der Waals surface area contributed by atoms with Gasteiger partial charge < -0.3 is 10.1 Å². The normalized spacial score (nSPS) is 21.1. The van der Waals surface area contributed by atoms with Gasteiger partial charge >= 0.3 is 0 Å². The minimum absolute atomic E-state index is 0.129. The van der Waals surface area contributed by atoms with Crippen LogP contribution in [0.5, 0.6) is 0 Å². The largest absolute Gasteiger partial charge is 0.365 e. The second-order valence-corrected chi connectivity index (χ2v) is 9.66. The van der Waals surface area contributed by atoms with E-state index in [2.05, 4.69) is 60.8 Å². The highest BCUT2D eigenvalue weighted by Gasteiger charge is 2.45. The Morgan fingerprint density at radius 2 is 1.14 bits per heavy atom. The average molecular weight is 486 g/mol. The molecule has 1 amide bonds. The van der Waals surface area contributed by atoms with Crippen LogP contribution < -0.4 is 5.32 Å². The number of carbonyl (C=O) groups excluding carboxylic acids is 1. The first-order chi connectivity index (χ1) is 17.9. The lowest BCUT2D eigenvalue weighted by Crippen LogP contribution is -2.50. The summed E-state index contributed by atoms with van der Waals surface area (Å²) in [6.45, 7) is 4.10. The minimum Gasteiger partial charge on any atom is -0.365 e. The van der Waals surface area contributed by atoms with Crippen molar-refractivity contribution in [3.05, 3.63) is 155 Å². The first kappa shape index (κ1) is 24.5. The van der Waals surface area contributed by atoms with Gasteiger partial charge in [-0.15, -0.1) is 0 Å². The van der Waals surface area contributed by atoms with Crippen LogP contribution in [0.4, 0.5) is 0 Å². The minimum atomic E-state index is -0.832. The van der Waals surface area contributed by atoms with E-state index in [9.17, 15) is 4.79 Å². The number of methoxy groups -OCH3 is 1. The zero-order chi connectivity index (χ0) is 25.9. The Morgan fingerprint density at radius 1 is 0.676 bits per heavy atom. The molecule has 0 spiro atoms. The topological polar surface area (TPSA) is 38.3 Å². The molecular formula is C34H31NO2. The summed E-state index contributed by atoms with van der Waals surface area (Å²) in [5, 5.41) is 3.41. The van der Waals surface area contributed by atoms with E-state index >= 15 is 0 Å². The maximum absolute atomic E-state index is 13.7. The third kappa shape index (κ3) is 4.66. The van der Waals surface area contributed by atoms with Crippen molar-refractivity contribution in [2.75, 3.05) is 7.11 Å². The summed E-state index contributed by atoms with van der Waals surface area (Å²) in [5.74, 6) is -0.129. The quantitative estimate of drug-likeness (QED) is 0.313. The lowest BCUT2D eigenvalue weighted by molar-refractivity contribution is 0.0708. The molecule has 1 N–H and O–H groups in total. The van der Waals surface area contributed by atoms with Gasteiger partial charge in [-0.05, 0) is 66.0 Å². The Morgan fingerprint density at radius 3 is 1.59 bits per heavy atom. The molecule has 0 unspecified atom stereocenters. The molecule has 37 heavy (non-hydrogen) atoms. The predicted molar refractivity (Wildman–Crippen MR) is 151 cm³/mol. The first-order valence-electron chi connectivity index (χ1n) is 12.5. The molecule has 1 aliphatic carbocycles. The van der Waals surface area contributed by atoms with Crippen molar-refractivity contribution in [2.24, 2.45) is 0 Å². The van der Waals surface area contributed by atoms with Crippen LogP contribution in [0.1, 0.15) is 39.5 Å². The van der Waals surface area contributed by atoms with Crippen LogP contribution in [0.3, 0.4) is 0 Å². The van der Waals surface area contributed by atoms with Crippen molar-refractivity contribution in [3.63, 3.8) is 0 Å². The van der Waals surface area contributed by atoms with E-state index < -0.39 is 11.1 Å². The number of benzene rings is 4. The first-order valence-corrected chi connectivity index (χ1v) is 12.5. The van der Waals surface area contributed by atoms with Gasteiger partial charge in [0.2, 0.25) is 0 Å². The number of aryl methyl sites for hydroxylation is 1. The number of nitrogens with one attached hydrogen (secondary N) is 1. The molecule has 0 aliphatic heterocycles. The van der Waals surface area contributed by atoms with Crippen molar-refractivity contribution in [3.8, 4) is 0 Å². The fraction of sp³-hybridized carbons (Fsp3) is 0.147. The summed E-state index contributed by atoms with van der Waals surface area (Å²) in [7, 11) is 1.73. The molecule has 1 aliphatic rings. The monoisotopic (exact) mass is 485 g/mol. The highest BCUT2D eigenvalue weighted by molar-refractivity contribution is 6.02. The van der Waals surface area contributed by atoms with Crippen LogP contribution in [0.15, 0.2) is 127 Å². The number of ether oxygens (including phenoxy) is 1. The molecule has 0 fully saturated rings. The van der Waals surface area contributed by atoms with Gasteiger partial charge in [0.05, 0.1) is 5.54 Å². The molecule has 0 heterocycles. The molecule has 5 rings (SSSR count). The summed E-state index contributed by atoms with van der Waals surface area (Å²) >= 11 is 0. The van der Waals surface area contributed by atoms with Crippen molar-refractivity contribution in [2.45, 2.75) is 25.0 Å². The number of carbonyl (C=O) groups is 1. The summed E-state index contributed by atoms with van der Waals surface area (Å²) < 4.78 is 6.30. The average Bonchev–Trinajstić information content (AvgIpc) is 2.95. The third-order valence-electron chi connectivity index (χ3n) is 7.20. The Kier molecular flexibility index (Phi) is 6.64. The zero-order valence-corrected chi connectivity index (χ0v) is 21.4. The predicted octanol–water partition coefficient (Wildman–Crippen LogP) is 7.21. The van der Waals surface area contributed by atoms with E-state index in [0.29, 0.717) is 5.56 Å². The van der Waals surface area contributed by atoms with Crippen LogP contribution in [-0.4, -0.2) is 18.6 Å². The van der Waals surface area contributed by atoms with E-state index in [4.69, 9.17) is 4.74 Å². The van der Waals surface area contributed by atoms with Crippen molar-refractivity contribution < 1.29 is 9.53 Å². The standard InChI is InChI=1S/C34H31NO2/c1-25-19-21-28(22-20-25)32(36)35-33(2)30(26-13-7-4-8-14-26)23-34(37-3,29-17-11-6-12-18-29)24-31(33)27-15-9-5-10-16-27/h4-24H,1-3H3,(H,35,36). The molecule has 0 saturated carbocycles. The molecule has 0 atom stereocenters. The van der Waals surface area contributed by atoms with Gasteiger partial charge in [0.15, 0.2) is 0 Å². The highest BCUT2D eigenvalue weighted by Crippen LogP contribution is 2.48. The van der Waals surface area contributed by atoms with Crippen LogP contribution in [0.25, 0.3) is 11.1 Å². The van der Waals surface area contributed by atoms with Gasteiger partial charge in [-0.1, -0.05) is 109 Å². The van der Waals surface area contributed by atoms with E-state index in [0.717, 1.165) is 33.4 Å². The lowest BCUT2D eigenvalue weighted by Gasteiger charge is -2.44. The van der Waals surface area contributed by atoms with Gasteiger partial charge in [-0.3, -0.25) is 4.79 Å². The number of amides is 1. The van der Waals surface area contributed by atoms with Crippen LogP contribution in [-0.2, 0) is 10.3 Å². The molecule has 4 aromatic carbocycles. The van der Waals surface area contributed by atoms with E-state index in [-0.39, 0.29) is 5.91 Å². The van der Waals surface area contributed by atoms with Gasteiger partial charge in [0.25, 0.3) is 5.91 Å². The van der Waals surface area contributed by atoms with Gasteiger partial charge in [0.1, 0.15) is 5.60 Å². The number of hydrogen-bond donors (Lipinski definition) is 1. The summed E-state index contributed by atoms with van der Waals surface area (Å²) in [4.78, 5) is 13.7. The highest BCUT2D eigenvalue weighted by atomic mass is 16.5. The number of hydrogen-bond acceptors (Lipinski definition) is 2. The van der Waals surface area contributed by atoms with E-state index in [1.54, 1.807) is 7.11 Å². The molecular weight excluding hydrogens is 454 g/mol. The maximum Gasteiger partial charge on any atom is 0.252 e. The smallest absolute Gasteiger partial charge is 0.252 e. The molecule has 4 aromatic rings.